The zero-order valence-corrected chi connectivity index (χ0v) is 4.35. The van der Waals surface area contributed by atoms with E-state index in [1.165, 1.54) is 10.8 Å². The summed E-state index contributed by atoms with van der Waals surface area (Å²) in [4.78, 5) is 3.71. The molecule has 0 aliphatic carbocycles. The molecule has 38 valence electrons. The zero-order chi connectivity index (χ0) is 5.11. The second kappa shape index (κ2) is 1.88. The second-order valence-electron chi connectivity index (χ2n) is 1.04. The molecule has 0 radical (unpaired) electrons. The molecule has 0 amide bonds. The molecule has 1 aliphatic rings. The fourth-order valence-electron chi connectivity index (χ4n) is 0.282. The van der Waals surface area contributed by atoms with Crippen LogP contribution in [0.1, 0.15) is 0 Å². The summed E-state index contributed by atoms with van der Waals surface area (Å²) in [7, 11) is 0. The fourth-order valence-corrected chi connectivity index (χ4v) is 0.397. The molecule has 1 heterocycles. The van der Waals surface area contributed by atoms with Crippen LogP contribution in [0.2, 0.25) is 0 Å². The van der Waals surface area contributed by atoms with Gasteiger partial charge in [-0.05, 0) is 0 Å². The van der Waals surface area contributed by atoms with Crippen molar-refractivity contribution in [3.63, 3.8) is 0 Å². The van der Waals surface area contributed by atoms with Crippen LogP contribution in [0.25, 0.3) is 0 Å². The third-order valence-corrected chi connectivity index (χ3v) is 0.734. The molecule has 0 bridgehead atoms. The normalized spacial score (nSPS) is 17.0. The van der Waals surface area contributed by atoms with Gasteiger partial charge in [0.2, 0.25) is 0 Å². The van der Waals surface area contributed by atoms with Gasteiger partial charge in [0.25, 0.3) is 0 Å². The molecule has 1 rings (SSSR count). The van der Waals surface area contributed by atoms with Crippen molar-refractivity contribution < 1.29 is 0 Å². The van der Waals surface area contributed by atoms with Crippen molar-refractivity contribution in [2.75, 3.05) is 0 Å². The highest BCUT2D eigenvalue weighted by atomic mass is 32.1. The Morgan fingerprint density at radius 3 is 2.86 bits per heavy atom. The largest absolute Gasteiger partial charge is 0.640 e. The molecule has 1 aliphatic heterocycles. The molecular weight excluding hydrogens is 110 g/mol. The molecule has 0 aromatic rings. The highest BCUT2D eigenvalue weighted by Crippen LogP contribution is 1.80. The van der Waals surface area contributed by atoms with E-state index >= 15 is 0 Å². The maximum absolute atomic E-state index is 4.61. The Morgan fingerprint density at radius 1 is 1.71 bits per heavy atom. The van der Waals surface area contributed by atoms with E-state index in [1.54, 1.807) is 12.4 Å². The smallest absolute Gasteiger partial charge is 0.0864 e. The number of aliphatic imine (C=N–C) groups is 1. The first kappa shape index (κ1) is 4.52. The van der Waals surface area contributed by atoms with Crippen LogP contribution >= 0.6 is 0 Å². The Balaban J connectivity index is 2.49. The molecule has 0 saturated heterocycles. The van der Waals surface area contributed by atoms with Crippen molar-refractivity contribution in [1.82, 2.24) is 9.84 Å². The molecule has 3 nitrogen and oxygen atoms in total. The summed E-state index contributed by atoms with van der Waals surface area (Å²) in [6.07, 6.45) is 4.80. The molecule has 7 heavy (non-hydrogen) atoms. The van der Waals surface area contributed by atoms with Gasteiger partial charge in [0.05, 0.1) is 6.34 Å². The van der Waals surface area contributed by atoms with Crippen LogP contribution in [0.3, 0.4) is 0 Å². The molecule has 0 unspecified atom stereocenters. The van der Waals surface area contributed by atoms with Gasteiger partial charge in [0.1, 0.15) is 0 Å². The Hall–Kier alpha value is -0.640. The Bertz CT molecular complexity index is 109. The Kier molecular flexibility index (Phi) is 1.21. The quantitative estimate of drug-likeness (QED) is 0.441. The predicted octanol–water partition coefficient (Wildman–Crippen LogP) is -0.232. The van der Waals surface area contributed by atoms with Gasteiger partial charge in [-0.15, -0.1) is 0 Å². The Morgan fingerprint density at radius 2 is 2.57 bits per heavy atom. The lowest BCUT2D eigenvalue weighted by atomic mass is 10.9. The van der Waals surface area contributed by atoms with E-state index in [1.807, 2.05) is 0 Å². The number of rotatable bonds is 0. The van der Waals surface area contributed by atoms with Gasteiger partial charge >= 0.3 is 0 Å². The van der Waals surface area contributed by atoms with Crippen LogP contribution in [-0.2, 0) is 12.8 Å². The van der Waals surface area contributed by atoms with E-state index in [-0.39, 0.29) is 0 Å². The van der Waals surface area contributed by atoms with Gasteiger partial charge in [-0.3, -0.25) is 0 Å². The highest BCUT2D eigenvalue weighted by molar-refractivity contribution is 7.56. The first-order chi connectivity index (χ1) is 3.39. The van der Waals surface area contributed by atoms with E-state index in [4.69, 9.17) is 0 Å². The lowest BCUT2D eigenvalue weighted by Crippen LogP contribution is -2.28. The third kappa shape index (κ3) is 1.12. The van der Waals surface area contributed by atoms with Gasteiger partial charge in [0.15, 0.2) is 0 Å². The molecule has 0 aromatic carbocycles. The summed E-state index contributed by atoms with van der Waals surface area (Å²) in [5, 5.41) is 0. The van der Waals surface area contributed by atoms with Crippen molar-refractivity contribution in [1.29, 1.82) is 0 Å². The monoisotopic (exact) mass is 114 g/mol. The fraction of sp³-hybridized carbons (Fsp3) is 0. The van der Waals surface area contributed by atoms with Crippen LogP contribution < -0.4 is 5.43 Å². The molecule has 0 aromatic heterocycles. The molecule has 0 saturated carbocycles. The maximum atomic E-state index is 4.61. The number of nitrogens with zero attached hydrogens (tertiary/aromatic N) is 2. The van der Waals surface area contributed by atoms with Crippen LogP contribution in [0.5, 0.6) is 0 Å². The third-order valence-electron chi connectivity index (χ3n) is 0.534. The summed E-state index contributed by atoms with van der Waals surface area (Å²) in [6, 6.07) is 0. The van der Waals surface area contributed by atoms with Crippen molar-refractivity contribution in [3.05, 3.63) is 12.4 Å². The van der Waals surface area contributed by atoms with Crippen LogP contribution in [0, 0.1) is 0 Å². The van der Waals surface area contributed by atoms with E-state index in [0.29, 0.717) is 0 Å². The predicted molar refractivity (Wildman–Crippen MR) is 30.0 cm³/mol. The molecule has 4 heteroatoms. The van der Waals surface area contributed by atoms with E-state index in [9.17, 15) is 0 Å². The lowest BCUT2D eigenvalue weighted by Gasteiger charge is -2.26. The van der Waals surface area contributed by atoms with Crippen LogP contribution in [0.4, 0.5) is 0 Å². The van der Waals surface area contributed by atoms with Gasteiger partial charge < -0.3 is 22.7 Å². The number of hydrogen-bond acceptors (Lipinski definition) is 4. The summed E-state index contributed by atoms with van der Waals surface area (Å²) in [5.74, 6) is 0. The van der Waals surface area contributed by atoms with Gasteiger partial charge in [0, 0.05) is 12.4 Å². The number of hydrogen-bond donors (Lipinski definition) is 1. The second-order valence-corrected chi connectivity index (χ2v) is 1.43. The van der Waals surface area contributed by atoms with Crippen molar-refractivity contribution in [2.45, 2.75) is 0 Å². The van der Waals surface area contributed by atoms with E-state index < -0.39 is 0 Å². The summed E-state index contributed by atoms with van der Waals surface area (Å²) in [6.45, 7) is 0. The number of nitrogens with one attached hydrogen (secondary N) is 1. The topological polar surface area (TPSA) is 27.6 Å². The number of hydrazine groups is 1. The first-order valence-electron chi connectivity index (χ1n) is 1.80. The first-order valence-corrected chi connectivity index (χ1v) is 2.17. The minimum atomic E-state index is 1.35. The molecule has 1 N–H and O–H groups in total. The van der Waals surface area contributed by atoms with Gasteiger partial charge in [-0.1, -0.05) is 0 Å². The Labute approximate surface area is 47.2 Å². The SMILES string of the molecule is [S-]N1C=NC=CN1. The van der Waals surface area contributed by atoms with Crippen molar-refractivity contribution in [3.8, 4) is 0 Å². The molecule has 0 atom stereocenters. The van der Waals surface area contributed by atoms with Crippen molar-refractivity contribution >= 4 is 19.2 Å². The zero-order valence-electron chi connectivity index (χ0n) is 3.53. The van der Waals surface area contributed by atoms with E-state index in [2.05, 4.69) is 23.2 Å². The molecule has 0 fully saturated rings. The minimum absolute atomic E-state index is 1.35. The van der Waals surface area contributed by atoms with Gasteiger partial charge in [-0.2, -0.15) is 0 Å². The van der Waals surface area contributed by atoms with Crippen LogP contribution in [0.15, 0.2) is 17.4 Å². The lowest BCUT2D eigenvalue weighted by molar-refractivity contribution is 0.599. The summed E-state index contributed by atoms with van der Waals surface area (Å²) in [5.41, 5.74) is 2.70. The average molecular weight is 114 g/mol. The van der Waals surface area contributed by atoms with Crippen LogP contribution in [-0.4, -0.2) is 10.8 Å². The molecule has 0 spiro atoms. The summed E-state index contributed by atoms with van der Waals surface area (Å²) < 4.78 is 1.35. The highest BCUT2D eigenvalue weighted by Gasteiger charge is 1.76. The van der Waals surface area contributed by atoms with Crippen molar-refractivity contribution in [2.24, 2.45) is 4.99 Å². The molecular formula is C3H4N3S-. The summed E-state index contributed by atoms with van der Waals surface area (Å²) >= 11 is 4.61. The van der Waals surface area contributed by atoms with E-state index in [0.717, 1.165) is 0 Å². The minimum Gasteiger partial charge on any atom is -0.640 e. The average Bonchev–Trinajstić information content (AvgIpc) is 1.69. The maximum Gasteiger partial charge on any atom is 0.0864 e. The standard InChI is InChI=1S/C3H4N3S/c7-6-3-4-1-2-5-6/h1-3,5H/q-1. The van der Waals surface area contributed by atoms with Gasteiger partial charge in [-0.25, -0.2) is 4.99 Å².